The number of nitrogens with zero attached hydrogens (tertiary/aromatic N) is 3. The molecule has 2 aromatic carbocycles. The molecule has 0 N–H and O–H groups in total. The molecule has 0 saturated heterocycles. The van der Waals surface area contributed by atoms with E-state index >= 15 is 0 Å². The van der Waals surface area contributed by atoms with Crippen LogP contribution in [0.2, 0.25) is 20.1 Å². The van der Waals surface area contributed by atoms with Crippen molar-refractivity contribution in [2.75, 3.05) is 0 Å². The highest BCUT2D eigenvalue weighted by atomic mass is 35.5. The van der Waals surface area contributed by atoms with Crippen LogP contribution in [0.1, 0.15) is 10.8 Å². The van der Waals surface area contributed by atoms with E-state index in [0.717, 1.165) is 0 Å². The van der Waals surface area contributed by atoms with Gasteiger partial charge < -0.3 is 0 Å². The highest BCUT2D eigenvalue weighted by Gasteiger charge is 2.25. The Hall–Kier alpha value is -1.11. The molecule has 1 aromatic heterocycles. The van der Waals surface area contributed by atoms with Gasteiger partial charge in [-0.25, -0.2) is 4.98 Å². The zero-order valence-corrected chi connectivity index (χ0v) is 16.4. The van der Waals surface area contributed by atoms with E-state index in [9.17, 15) is 4.21 Å². The van der Waals surface area contributed by atoms with Crippen LogP contribution >= 0.6 is 46.4 Å². The molecule has 4 nitrogen and oxygen atoms in total. The van der Waals surface area contributed by atoms with Gasteiger partial charge in [-0.05, 0) is 35.9 Å². The smallest absolute Gasteiger partial charge is 0.137 e. The van der Waals surface area contributed by atoms with Gasteiger partial charge in [0.1, 0.15) is 12.7 Å². The van der Waals surface area contributed by atoms with Crippen LogP contribution in [0.3, 0.4) is 0 Å². The first kappa shape index (κ1) is 18.7. The Labute approximate surface area is 167 Å². The van der Waals surface area contributed by atoms with Crippen molar-refractivity contribution in [3.05, 3.63) is 74.7 Å². The van der Waals surface area contributed by atoms with Crippen molar-refractivity contribution in [2.24, 2.45) is 0 Å². The normalized spacial score (nSPS) is 13.6. The first-order chi connectivity index (χ1) is 12.0. The second-order valence-electron chi connectivity index (χ2n) is 5.14. The topological polar surface area (TPSA) is 47.8 Å². The summed E-state index contributed by atoms with van der Waals surface area (Å²) in [6, 6.07) is 9.95. The molecule has 0 fully saturated rings. The molecule has 0 radical (unpaired) electrons. The van der Waals surface area contributed by atoms with Gasteiger partial charge in [0.05, 0.1) is 32.5 Å². The fourth-order valence-corrected chi connectivity index (χ4v) is 5.06. The highest BCUT2D eigenvalue weighted by Crippen LogP contribution is 2.36. The van der Waals surface area contributed by atoms with E-state index in [1.807, 2.05) is 0 Å². The number of rotatable bonds is 5. The molecule has 3 aromatic rings. The number of hydrogen-bond acceptors (Lipinski definition) is 3. The van der Waals surface area contributed by atoms with E-state index in [1.54, 1.807) is 47.4 Å². The zero-order chi connectivity index (χ0) is 18.0. The van der Waals surface area contributed by atoms with E-state index in [1.165, 1.54) is 6.33 Å². The summed E-state index contributed by atoms with van der Waals surface area (Å²) in [7, 11) is -1.50. The first-order valence-corrected chi connectivity index (χ1v) is 9.81. The van der Waals surface area contributed by atoms with Gasteiger partial charge in [0.25, 0.3) is 0 Å². The van der Waals surface area contributed by atoms with Gasteiger partial charge in [0.15, 0.2) is 0 Å². The highest BCUT2D eigenvalue weighted by molar-refractivity contribution is 7.85. The van der Waals surface area contributed by atoms with Crippen LogP contribution < -0.4 is 0 Å². The number of aromatic nitrogens is 3. The van der Waals surface area contributed by atoms with Crippen molar-refractivity contribution >= 4 is 57.2 Å². The maximum absolute atomic E-state index is 13.3. The van der Waals surface area contributed by atoms with Crippen molar-refractivity contribution in [3.63, 3.8) is 0 Å². The van der Waals surface area contributed by atoms with Gasteiger partial charge in [-0.1, -0.05) is 52.5 Å². The van der Waals surface area contributed by atoms with Gasteiger partial charge in [-0.3, -0.25) is 8.89 Å². The van der Waals surface area contributed by atoms with Gasteiger partial charge in [-0.15, -0.1) is 0 Å². The zero-order valence-electron chi connectivity index (χ0n) is 12.6. The minimum absolute atomic E-state index is 0.312. The second-order valence-corrected chi connectivity index (χ2v) is 8.44. The lowest BCUT2D eigenvalue weighted by Gasteiger charge is -2.19. The Balaban J connectivity index is 2.05. The Kier molecular flexibility index (Phi) is 6.02. The molecule has 2 atom stereocenters. The molecule has 2 unspecified atom stereocenters. The van der Waals surface area contributed by atoms with Gasteiger partial charge in [0.2, 0.25) is 0 Å². The van der Waals surface area contributed by atoms with Crippen molar-refractivity contribution in [2.45, 2.75) is 16.7 Å². The summed E-state index contributed by atoms with van der Waals surface area (Å²) in [5.41, 5.74) is 0.686. The summed E-state index contributed by atoms with van der Waals surface area (Å²) in [6.07, 6.45) is 2.97. The lowest BCUT2D eigenvalue weighted by atomic mass is 10.1. The standard InChI is InChI=1S/C16H11Cl4N3OS/c17-10-1-3-12(13(19)5-10)16(7-23-9-21-8-22-23)25(24)15-4-2-11(18)6-14(15)20/h1-6,8-9,16H,7H2. The third-order valence-corrected chi connectivity index (χ3v) is 6.43. The van der Waals surface area contributed by atoms with Crippen LogP contribution in [0.25, 0.3) is 0 Å². The quantitative estimate of drug-likeness (QED) is 0.537. The van der Waals surface area contributed by atoms with E-state index in [2.05, 4.69) is 10.1 Å². The summed E-state index contributed by atoms with van der Waals surface area (Å²) >= 11 is 24.5. The Morgan fingerprint density at radius 1 is 1.00 bits per heavy atom. The van der Waals surface area contributed by atoms with Crippen LogP contribution in [0, 0.1) is 0 Å². The molecule has 0 amide bonds. The Morgan fingerprint density at radius 3 is 2.28 bits per heavy atom. The van der Waals surface area contributed by atoms with Crippen LogP contribution in [-0.4, -0.2) is 19.0 Å². The molecule has 1 heterocycles. The van der Waals surface area contributed by atoms with Crippen molar-refractivity contribution in [1.82, 2.24) is 14.8 Å². The van der Waals surface area contributed by atoms with Gasteiger partial charge >= 0.3 is 0 Å². The summed E-state index contributed by atoms with van der Waals surface area (Å²) < 4.78 is 14.9. The molecule has 130 valence electrons. The SMILES string of the molecule is O=S(c1ccc(Cl)cc1Cl)C(Cn1cncn1)c1ccc(Cl)cc1Cl. The average molecular weight is 435 g/mol. The van der Waals surface area contributed by atoms with Crippen LogP contribution in [-0.2, 0) is 17.3 Å². The summed E-state index contributed by atoms with van der Waals surface area (Å²) in [6.45, 7) is 0.312. The van der Waals surface area contributed by atoms with Crippen LogP contribution in [0.15, 0.2) is 53.9 Å². The third kappa shape index (κ3) is 4.36. The van der Waals surface area contributed by atoms with E-state index in [-0.39, 0.29) is 0 Å². The maximum Gasteiger partial charge on any atom is 0.137 e. The lowest BCUT2D eigenvalue weighted by Crippen LogP contribution is -2.16. The maximum atomic E-state index is 13.3. The van der Waals surface area contributed by atoms with E-state index in [4.69, 9.17) is 46.4 Å². The summed E-state index contributed by atoms with van der Waals surface area (Å²) in [5, 5.41) is 5.33. The molecule has 0 spiro atoms. The molecule has 0 bridgehead atoms. The largest absolute Gasteiger partial charge is 0.254 e. The number of halogens is 4. The first-order valence-electron chi connectivity index (χ1n) is 7.08. The van der Waals surface area contributed by atoms with Gasteiger partial charge in [0, 0.05) is 15.1 Å². The van der Waals surface area contributed by atoms with Crippen molar-refractivity contribution < 1.29 is 4.21 Å². The Bertz CT molecular complexity index is 918. The minimum Gasteiger partial charge on any atom is -0.254 e. The number of hydrogen-bond donors (Lipinski definition) is 0. The average Bonchev–Trinajstić information content (AvgIpc) is 3.06. The minimum atomic E-state index is -1.50. The number of benzene rings is 2. The summed E-state index contributed by atoms with van der Waals surface area (Å²) in [4.78, 5) is 4.40. The third-order valence-electron chi connectivity index (χ3n) is 3.50. The molecule has 0 aliphatic heterocycles. The lowest BCUT2D eigenvalue weighted by molar-refractivity contribution is 0.585. The molecular weight excluding hydrogens is 424 g/mol. The molecule has 3 rings (SSSR count). The van der Waals surface area contributed by atoms with Gasteiger partial charge in [-0.2, -0.15) is 5.10 Å². The monoisotopic (exact) mass is 433 g/mol. The molecule has 0 saturated carbocycles. The second kappa shape index (κ2) is 8.06. The van der Waals surface area contributed by atoms with Crippen molar-refractivity contribution in [3.8, 4) is 0 Å². The molecule has 9 heteroatoms. The molecule has 0 aliphatic rings. The predicted molar refractivity (Wildman–Crippen MR) is 102 cm³/mol. The summed E-state index contributed by atoms with van der Waals surface area (Å²) in [5.74, 6) is 0. The van der Waals surface area contributed by atoms with E-state index in [0.29, 0.717) is 37.1 Å². The fraction of sp³-hybridized carbons (Fsp3) is 0.125. The van der Waals surface area contributed by atoms with Crippen LogP contribution in [0.5, 0.6) is 0 Å². The molecular formula is C16H11Cl4N3OS. The fourth-order valence-electron chi connectivity index (χ4n) is 2.33. The van der Waals surface area contributed by atoms with Crippen LogP contribution in [0.4, 0.5) is 0 Å². The van der Waals surface area contributed by atoms with Crippen molar-refractivity contribution in [1.29, 1.82) is 0 Å². The molecule has 0 aliphatic carbocycles. The predicted octanol–water partition coefficient (Wildman–Crippen LogP) is 5.44. The molecule has 25 heavy (non-hydrogen) atoms. The van der Waals surface area contributed by atoms with E-state index < -0.39 is 16.0 Å². The Morgan fingerprint density at radius 2 is 1.68 bits per heavy atom.